The highest BCUT2D eigenvalue weighted by molar-refractivity contribution is 8.02. The van der Waals surface area contributed by atoms with Crippen LogP contribution in [0.2, 0.25) is 0 Å². The molecule has 3 fully saturated rings. The van der Waals surface area contributed by atoms with E-state index in [9.17, 15) is 19.5 Å². The van der Waals surface area contributed by atoms with E-state index in [2.05, 4.69) is 40.9 Å². The molecule has 3 rings (SSSR count). The number of rotatable bonds is 15. The fourth-order valence-corrected chi connectivity index (χ4v) is 9.46. The molecule has 0 aromatic carbocycles. The third-order valence-electron chi connectivity index (χ3n) is 8.68. The Bertz CT molecular complexity index is 894. The molecule has 1 spiro atoms. The van der Waals surface area contributed by atoms with E-state index in [0.29, 0.717) is 26.0 Å². The van der Waals surface area contributed by atoms with Crippen LogP contribution in [0.25, 0.3) is 0 Å². The third kappa shape index (κ3) is 5.45. The van der Waals surface area contributed by atoms with Crippen molar-refractivity contribution in [2.75, 3.05) is 19.8 Å². The van der Waals surface area contributed by atoms with Gasteiger partial charge in [-0.15, -0.1) is 24.9 Å². The predicted octanol–water partition coefficient (Wildman–Crippen LogP) is 4.44. The summed E-state index contributed by atoms with van der Waals surface area (Å²) >= 11 is 1.65. The van der Waals surface area contributed by atoms with E-state index < -0.39 is 28.7 Å². The summed E-state index contributed by atoms with van der Waals surface area (Å²) in [6.07, 6.45) is 8.11. The molecule has 214 valence electrons. The minimum atomic E-state index is -0.737. The lowest BCUT2D eigenvalue weighted by Gasteiger charge is -2.43. The zero-order valence-electron chi connectivity index (χ0n) is 23.9. The number of thioether (sulfide) groups is 1. The van der Waals surface area contributed by atoms with Gasteiger partial charge in [0.1, 0.15) is 6.04 Å². The zero-order valence-corrected chi connectivity index (χ0v) is 24.8. The summed E-state index contributed by atoms with van der Waals surface area (Å²) in [5.74, 6) is -1.52. The summed E-state index contributed by atoms with van der Waals surface area (Å²) in [6.45, 7) is 18.4. The molecule has 0 aliphatic carbocycles. The lowest BCUT2D eigenvalue weighted by molar-refractivity contribution is -0.155. The van der Waals surface area contributed by atoms with Crippen LogP contribution in [0.3, 0.4) is 0 Å². The Kier molecular flexibility index (Phi) is 10.5. The minimum absolute atomic E-state index is 0.0138. The van der Waals surface area contributed by atoms with E-state index in [1.165, 1.54) is 0 Å². The van der Waals surface area contributed by atoms with Crippen molar-refractivity contribution in [2.24, 2.45) is 23.7 Å². The van der Waals surface area contributed by atoms with Gasteiger partial charge in [-0.2, -0.15) is 0 Å². The first-order valence-electron chi connectivity index (χ1n) is 14.4. The Morgan fingerprint density at radius 1 is 1.29 bits per heavy atom. The number of esters is 1. The van der Waals surface area contributed by atoms with E-state index in [-0.39, 0.29) is 47.5 Å². The van der Waals surface area contributed by atoms with Crippen LogP contribution in [0, 0.1) is 23.7 Å². The molecule has 7 nitrogen and oxygen atoms in total. The van der Waals surface area contributed by atoms with Gasteiger partial charge in [0.25, 0.3) is 0 Å². The van der Waals surface area contributed by atoms with Crippen molar-refractivity contribution in [3.05, 3.63) is 25.3 Å². The summed E-state index contributed by atoms with van der Waals surface area (Å²) < 4.78 is 4.96. The summed E-state index contributed by atoms with van der Waals surface area (Å²) in [4.78, 5) is 45.9. The predicted molar refractivity (Wildman–Crippen MR) is 153 cm³/mol. The Morgan fingerprint density at radius 3 is 2.58 bits per heavy atom. The van der Waals surface area contributed by atoms with Crippen molar-refractivity contribution in [2.45, 2.75) is 101 Å². The molecule has 3 heterocycles. The molecular weight excluding hydrogens is 500 g/mol. The van der Waals surface area contributed by atoms with E-state index in [1.807, 2.05) is 11.8 Å². The monoisotopic (exact) mass is 548 g/mol. The number of hydrogen-bond donors (Lipinski definition) is 1. The van der Waals surface area contributed by atoms with Gasteiger partial charge in [0.2, 0.25) is 11.8 Å². The quantitative estimate of drug-likeness (QED) is 0.185. The second-order valence-corrected chi connectivity index (χ2v) is 13.3. The molecule has 2 amide bonds. The molecule has 4 unspecified atom stereocenters. The van der Waals surface area contributed by atoms with Gasteiger partial charge in [-0.1, -0.05) is 46.3 Å². The second kappa shape index (κ2) is 13.0. The van der Waals surface area contributed by atoms with Crippen molar-refractivity contribution in [3.63, 3.8) is 0 Å². The molecule has 0 aromatic heterocycles. The lowest BCUT2D eigenvalue weighted by atomic mass is 9.66. The highest BCUT2D eigenvalue weighted by Gasteiger charge is 2.77. The first kappa shape index (κ1) is 30.7. The van der Waals surface area contributed by atoms with E-state index in [1.54, 1.807) is 28.8 Å². The maximum Gasteiger partial charge on any atom is 0.310 e. The molecule has 0 radical (unpaired) electrons. The van der Waals surface area contributed by atoms with Crippen molar-refractivity contribution >= 4 is 29.5 Å². The molecule has 2 bridgehead atoms. The number of allylic oxidation sites excluding steroid dienone is 1. The summed E-state index contributed by atoms with van der Waals surface area (Å²) in [5, 5.41) is 10.4. The van der Waals surface area contributed by atoms with Crippen LogP contribution >= 0.6 is 11.8 Å². The van der Waals surface area contributed by atoms with E-state index >= 15 is 0 Å². The number of unbranched alkanes of at least 4 members (excludes halogenated alkanes) is 1. The smallest absolute Gasteiger partial charge is 0.310 e. The van der Waals surface area contributed by atoms with Gasteiger partial charge in [0.15, 0.2) is 0 Å². The van der Waals surface area contributed by atoms with Gasteiger partial charge in [0.05, 0.1) is 35.8 Å². The van der Waals surface area contributed by atoms with Crippen molar-refractivity contribution in [1.82, 2.24) is 9.80 Å². The first-order valence-corrected chi connectivity index (χ1v) is 15.3. The number of likely N-dealkylation sites (tertiary alicyclic amines) is 1. The Balaban J connectivity index is 2.07. The lowest BCUT2D eigenvalue weighted by Crippen LogP contribution is -2.60. The van der Waals surface area contributed by atoms with Crippen LogP contribution in [-0.4, -0.2) is 80.6 Å². The van der Waals surface area contributed by atoms with Gasteiger partial charge in [-0.3, -0.25) is 14.4 Å². The van der Waals surface area contributed by atoms with E-state index in [0.717, 1.165) is 25.7 Å². The molecule has 1 N–H and O–H groups in total. The first-order chi connectivity index (χ1) is 18.1. The molecule has 3 saturated heterocycles. The van der Waals surface area contributed by atoms with Gasteiger partial charge in [0, 0.05) is 17.8 Å². The highest BCUT2D eigenvalue weighted by atomic mass is 32.2. The molecule has 0 saturated carbocycles. The summed E-state index contributed by atoms with van der Waals surface area (Å²) in [5.41, 5.74) is 0. The normalized spacial score (nSPS) is 31.3. The molecule has 3 aliphatic rings. The number of ether oxygens (including phenoxy) is 1. The molecule has 3 aliphatic heterocycles. The standard InChI is InChI=1S/C30H48N2O5S/c1-8-11-12-15-37-29(36)24-23-17-20(6)30(38-23)25(24)27(34)32(22(18-33)16-19(4)5)26(30)28(35)31(14-10-3)21(7)13-9-2/h8,10,19-26,33H,1,3,9,11-18H2,2,4-7H3/t20?,21?,22-,23-,24+,25+,26?,30?/m1/s1. The number of amides is 2. The third-order valence-corrected chi connectivity index (χ3v) is 10.8. The average molecular weight is 549 g/mol. The number of aliphatic hydroxyl groups excluding tert-OH is 1. The van der Waals surface area contributed by atoms with Crippen LogP contribution in [-0.2, 0) is 19.1 Å². The van der Waals surface area contributed by atoms with Gasteiger partial charge in [-0.05, 0) is 50.9 Å². The zero-order chi connectivity index (χ0) is 28.2. The van der Waals surface area contributed by atoms with Gasteiger partial charge >= 0.3 is 5.97 Å². The van der Waals surface area contributed by atoms with Gasteiger partial charge < -0.3 is 19.6 Å². The fraction of sp³-hybridized carbons (Fsp3) is 0.767. The number of nitrogens with zero attached hydrogens (tertiary/aromatic N) is 2. The Hall–Kier alpha value is -1.80. The molecule has 8 atom stereocenters. The largest absolute Gasteiger partial charge is 0.465 e. The second-order valence-electron chi connectivity index (χ2n) is 11.8. The number of hydrogen-bond acceptors (Lipinski definition) is 6. The van der Waals surface area contributed by atoms with Crippen molar-refractivity contribution in [3.8, 4) is 0 Å². The number of aliphatic hydroxyl groups is 1. The minimum Gasteiger partial charge on any atom is -0.465 e. The van der Waals surface area contributed by atoms with E-state index in [4.69, 9.17) is 4.74 Å². The maximum atomic E-state index is 14.6. The SMILES string of the molecule is C=CCCCOC(=O)[C@@H]1[C@H]2C(=O)N([C@@H](CO)CC(C)C)C(C(=O)N(CC=C)C(C)CCC)C23S[C@@H]1CC3C. The highest BCUT2D eigenvalue weighted by Crippen LogP contribution is 2.69. The number of carbonyl (C=O) groups excluding carboxylic acids is 3. The molecule has 0 aromatic rings. The summed E-state index contributed by atoms with van der Waals surface area (Å²) in [7, 11) is 0. The van der Waals surface area contributed by atoms with Crippen LogP contribution in [0.4, 0.5) is 0 Å². The fourth-order valence-electron chi connectivity index (χ4n) is 7.07. The number of fused-ring (bicyclic) bond motifs is 1. The maximum absolute atomic E-state index is 14.6. The summed E-state index contributed by atoms with van der Waals surface area (Å²) in [6, 6.07) is -1.24. The Labute approximate surface area is 233 Å². The Morgan fingerprint density at radius 2 is 2.00 bits per heavy atom. The molecule has 38 heavy (non-hydrogen) atoms. The van der Waals surface area contributed by atoms with Crippen LogP contribution in [0.15, 0.2) is 25.3 Å². The van der Waals surface area contributed by atoms with Crippen molar-refractivity contribution < 1.29 is 24.2 Å². The van der Waals surface area contributed by atoms with Crippen molar-refractivity contribution in [1.29, 1.82) is 0 Å². The van der Waals surface area contributed by atoms with Crippen LogP contribution < -0.4 is 0 Å². The average Bonchev–Trinajstić information content (AvgIpc) is 3.47. The van der Waals surface area contributed by atoms with Crippen LogP contribution in [0.5, 0.6) is 0 Å². The van der Waals surface area contributed by atoms with Crippen LogP contribution in [0.1, 0.15) is 73.1 Å². The molecule has 8 heteroatoms. The number of carbonyl (C=O) groups is 3. The van der Waals surface area contributed by atoms with Gasteiger partial charge in [-0.25, -0.2) is 0 Å². The molecular formula is C30H48N2O5S. The topological polar surface area (TPSA) is 87.1 Å².